The molecule has 2 aliphatic carbocycles. The van der Waals surface area contributed by atoms with Crippen molar-refractivity contribution < 1.29 is 14.2 Å². The highest BCUT2D eigenvalue weighted by Crippen LogP contribution is 2.59. The zero-order valence-corrected chi connectivity index (χ0v) is 19.1. The number of benzene rings is 2. The Morgan fingerprint density at radius 2 is 1.79 bits per heavy atom. The van der Waals surface area contributed by atoms with Gasteiger partial charge in [0.25, 0.3) is 0 Å². The molecule has 5 nitrogen and oxygen atoms in total. The van der Waals surface area contributed by atoms with E-state index >= 15 is 0 Å². The van der Waals surface area contributed by atoms with Gasteiger partial charge in [0.05, 0.1) is 18.9 Å². The second kappa shape index (κ2) is 8.23. The first-order chi connectivity index (χ1) is 16.2. The molecule has 3 aliphatic rings. The van der Waals surface area contributed by atoms with Gasteiger partial charge in [0.2, 0.25) is 0 Å². The van der Waals surface area contributed by atoms with Gasteiger partial charge in [-0.1, -0.05) is 49.4 Å². The summed E-state index contributed by atoms with van der Waals surface area (Å²) in [6, 6.07) is 19.0. The summed E-state index contributed by atoms with van der Waals surface area (Å²) in [7, 11) is 0. The van der Waals surface area contributed by atoms with Crippen molar-refractivity contribution in [1.82, 2.24) is 9.97 Å². The summed E-state index contributed by atoms with van der Waals surface area (Å²) in [5.74, 6) is 1.11. The Kier molecular flexibility index (Phi) is 5.19. The molecule has 3 aromatic rings. The molecule has 2 fully saturated rings. The van der Waals surface area contributed by atoms with Gasteiger partial charge in [-0.15, -0.1) is 0 Å². The minimum atomic E-state index is -0.447. The fourth-order valence-electron chi connectivity index (χ4n) is 6.52. The number of fused-ring (bicyclic) bond motifs is 3. The van der Waals surface area contributed by atoms with Gasteiger partial charge in [0.1, 0.15) is 18.7 Å². The Morgan fingerprint density at radius 3 is 2.58 bits per heavy atom. The molecule has 0 unspecified atom stereocenters. The van der Waals surface area contributed by atoms with Crippen LogP contribution < -0.4 is 4.74 Å². The van der Waals surface area contributed by atoms with Crippen LogP contribution in [0.3, 0.4) is 0 Å². The lowest BCUT2D eigenvalue weighted by Crippen LogP contribution is -2.57. The zero-order chi connectivity index (χ0) is 22.3. The molecule has 2 heterocycles. The smallest absolute Gasteiger partial charge is 0.171 e. The van der Waals surface area contributed by atoms with E-state index < -0.39 is 5.79 Å². The molecule has 0 radical (unpaired) electrons. The summed E-state index contributed by atoms with van der Waals surface area (Å²) >= 11 is 0. The summed E-state index contributed by atoms with van der Waals surface area (Å²) in [6.45, 7) is 4.26. The first-order valence-electron chi connectivity index (χ1n) is 12.1. The van der Waals surface area contributed by atoms with Crippen LogP contribution in [0.2, 0.25) is 0 Å². The van der Waals surface area contributed by atoms with Crippen molar-refractivity contribution in [2.45, 2.75) is 50.4 Å². The molecule has 2 aromatic carbocycles. The molecule has 0 bridgehead atoms. The van der Waals surface area contributed by atoms with Crippen LogP contribution in [0.1, 0.15) is 48.6 Å². The average molecular weight is 443 g/mol. The van der Waals surface area contributed by atoms with E-state index in [-0.39, 0.29) is 11.3 Å². The predicted molar refractivity (Wildman–Crippen MR) is 125 cm³/mol. The second-order valence-electron chi connectivity index (χ2n) is 9.61. The Balaban J connectivity index is 1.35. The summed E-state index contributed by atoms with van der Waals surface area (Å²) in [4.78, 5) is 9.21. The largest absolute Gasteiger partial charge is 0.489 e. The molecule has 1 aliphatic heterocycles. The van der Waals surface area contributed by atoms with Gasteiger partial charge in [-0.25, -0.2) is 9.97 Å². The SMILES string of the molecule is C[C@H]1[C@@H]2CCc3cncnc3[C@@]2(c2ccc(OCc3ccccc3)cc2)CCC12OCCO2. The highest BCUT2D eigenvalue weighted by molar-refractivity contribution is 5.45. The molecule has 0 amide bonds. The molecule has 0 N–H and O–H groups in total. The summed E-state index contributed by atoms with van der Waals surface area (Å²) in [5, 5.41) is 0. The van der Waals surface area contributed by atoms with Crippen molar-refractivity contribution in [2.24, 2.45) is 11.8 Å². The second-order valence-corrected chi connectivity index (χ2v) is 9.61. The third-order valence-corrected chi connectivity index (χ3v) is 8.13. The molecular weight excluding hydrogens is 412 g/mol. The van der Waals surface area contributed by atoms with Gasteiger partial charge >= 0.3 is 0 Å². The maximum atomic E-state index is 6.23. The van der Waals surface area contributed by atoms with Crippen LogP contribution in [0.15, 0.2) is 67.1 Å². The van der Waals surface area contributed by atoms with E-state index in [4.69, 9.17) is 19.2 Å². The Labute approximate surface area is 195 Å². The fourth-order valence-corrected chi connectivity index (χ4v) is 6.52. The number of ether oxygens (including phenoxy) is 3. The van der Waals surface area contributed by atoms with Crippen LogP contribution in [-0.4, -0.2) is 29.0 Å². The molecule has 1 spiro atoms. The summed E-state index contributed by atoms with van der Waals surface area (Å²) < 4.78 is 18.5. The van der Waals surface area contributed by atoms with E-state index in [0.717, 1.165) is 31.4 Å². The highest BCUT2D eigenvalue weighted by atomic mass is 16.7. The monoisotopic (exact) mass is 442 g/mol. The van der Waals surface area contributed by atoms with Crippen LogP contribution >= 0.6 is 0 Å². The number of nitrogens with zero attached hydrogens (tertiary/aromatic N) is 2. The fraction of sp³-hybridized carbons (Fsp3) is 0.429. The molecule has 1 saturated carbocycles. The number of aromatic nitrogens is 2. The van der Waals surface area contributed by atoms with E-state index in [9.17, 15) is 0 Å². The zero-order valence-electron chi connectivity index (χ0n) is 19.1. The first kappa shape index (κ1) is 20.8. The molecular formula is C28H30N2O3. The van der Waals surface area contributed by atoms with Crippen LogP contribution in [0.25, 0.3) is 0 Å². The van der Waals surface area contributed by atoms with Gasteiger partial charge in [0, 0.05) is 24.0 Å². The number of rotatable bonds is 4. The molecule has 5 heteroatoms. The van der Waals surface area contributed by atoms with Gasteiger partial charge in [-0.2, -0.15) is 0 Å². The molecule has 1 saturated heterocycles. The molecule has 3 atom stereocenters. The van der Waals surface area contributed by atoms with E-state index in [1.807, 2.05) is 24.4 Å². The van der Waals surface area contributed by atoms with Crippen molar-refractivity contribution in [3.05, 3.63) is 89.5 Å². The van der Waals surface area contributed by atoms with E-state index in [1.54, 1.807) is 6.33 Å². The number of aryl methyl sites for hydroxylation is 1. The molecule has 1 aromatic heterocycles. The highest BCUT2D eigenvalue weighted by Gasteiger charge is 2.59. The van der Waals surface area contributed by atoms with Crippen LogP contribution in [0.5, 0.6) is 5.75 Å². The minimum Gasteiger partial charge on any atom is -0.489 e. The van der Waals surface area contributed by atoms with Crippen molar-refractivity contribution >= 4 is 0 Å². The molecule has 6 rings (SSSR count). The van der Waals surface area contributed by atoms with Crippen molar-refractivity contribution in [3.8, 4) is 5.75 Å². The van der Waals surface area contributed by atoms with Crippen molar-refractivity contribution in [1.29, 1.82) is 0 Å². The normalized spacial score (nSPS) is 27.7. The quantitative estimate of drug-likeness (QED) is 0.564. The summed E-state index contributed by atoms with van der Waals surface area (Å²) in [5.41, 5.74) is 4.77. The maximum absolute atomic E-state index is 6.23. The third kappa shape index (κ3) is 3.37. The standard InChI is InChI=1S/C28H30N2O3/c1-20-25-12-7-22-17-29-19-30-26(22)27(25,13-14-28(20)32-15-16-33-28)23-8-10-24(11-9-23)31-18-21-5-3-2-4-6-21/h2-6,8-11,17,19-20,25H,7,12-16,18H2,1H3/t20-,25-,27+/m0/s1. The minimum absolute atomic E-state index is 0.158. The lowest BCUT2D eigenvalue weighted by atomic mass is 9.52. The Bertz CT molecular complexity index is 1110. The van der Waals surface area contributed by atoms with Gasteiger partial charge in [-0.3, -0.25) is 0 Å². The lowest BCUT2D eigenvalue weighted by molar-refractivity contribution is -0.232. The average Bonchev–Trinajstić information content (AvgIpc) is 3.36. The first-order valence-corrected chi connectivity index (χ1v) is 12.1. The van der Waals surface area contributed by atoms with Crippen LogP contribution in [0.4, 0.5) is 0 Å². The van der Waals surface area contributed by atoms with Crippen LogP contribution in [0, 0.1) is 11.8 Å². The van der Waals surface area contributed by atoms with Gasteiger partial charge in [-0.05, 0) is 54.0 Å². The summed E-state index contributed by atoms with van der Waals surface area (Å²) in [6.07, 6.45) is 7.63. The lowest BCUT2D eigenvalue weighted by Gasteiger charge is -2.55. The third-order valence-electron chi connectivity index (χ3n) is 8.13. The predicted octanol–water partition coefficient (Wildman–Crippen LogP) is 5.08. The van der Waals surface area contributed by atoms with Gasteiger partial charge in [0.15, 0.2) is 5.79 Å². The van der Waals surface area contributed by atoms with Crippen molar-refractivity contribution in [2.75, 3.05) is 13.2 Å². The van der Waals surface area contributed by atoms with Crippen LogP contribution in [-0.2, 0) is 27.9 Å². The van der Waals surface area contributed by atoms with E-state index in [1.165, 1.54) is 22.4 Å². The maximum Gasteiger partial charge on any atom is 0.171 e. The Morgan fingerprint density at radius 1 is 1.00 bits per heavy atom. The number of hydrogen-bond donors (Lipinski definition) is 0. The number of hydrogen-bond acceptors (Lipinski definition) is 5. The molecule has 170 valence electrons. The van der Waals surface area contributed by atoms with E-state index in [2.05, 4.69) is 48.3 Å². The van der Waals surface area contributed by atoms with E-state index in [0.29, 0.717) is 25.7 Å². The van der Waals surface area contributed by atoms with Crippen molar-refractivity contribution in [3.63, 3.8) is 0 Å². The molecule has 33 heavy (non-hydrogen) atoms. The topological polar surface area (TPSA) is 53.5 Å². The van der Waals surface area contributed by atoms with Gasteiger partial charge < -0.3 is 14.2 Å². The Hall–Kier alpha value is -2.76.